The molecule has 0 aliphatic heterocycles. The lowest BCUT2D eigenvalue weighted by atomic mass is 10.2. The zero-order valence-electron chi connectivity index (χ0n) is 10.5. The first-order valence-electron chi connectivity index (χ1n) is 5.93. The zero-order chi connectivity index (χ0) is 12.5. The maximum Gasteiger partial charge on any atom is 0.161 e. The average molecular weight is 239 g/mol. The lowest BCUT2D eigenvalue weighted by Crippen LogP contribution is -2.17. The Kier molecular flexibility index (Phi) is 6.43. The Bertz CT molecular complexity index is 328. The zero-order valence-corrected chi connectivity index (χ0v) is 10.5. The largest absolute Gasteiger partial charge is 0.493 e. The van der Waals surface area contributed by atoms with E-state index in [4.69, 9.17) is 14.6 Å². The van der Waals surface area contributed by atoms with Crippen molar-refractivity contribution in [2.24, 2.45) is 0 Å². The predicted octanol–water partition coefficient (Wildman–Crippen LogP) is 1.57. The van der Waals surface area contributed by atoms with Crippen LogP contribution in [0.3, 0.4) is 0 Å². The van der Waals surface area contributed by atoms with Gasteiger partial charge >= 0.3 is 0 Å². The van der Waals surface area contributed by atoms with Crippen molar-refractivity contribution in [1.29, 1.82) is 0 Å². The highest BCUT2D eigenvalue weighted by Crippen LogP contribution is 2.28. The van der Waals surface area contributed by atoms with Crippen molar-refractivity contribution in [3.63, 3.8) is 0 Å². The van der Waals surface area contributed by atoms with Gasteiger partial charge in [0.05, 0.1) is 20.3 Å². The summed E-state index contributed by atoms with van der Waals surface area (Å²) in [5.74, 6) is 1.53. The Morgan fingerprint density at radius 1 is 1.29 bits per heavy atom. The standard InChI is InChI=1S/C13H21NO3/c1-3-8-17-13-9-11(10-14-6-7-15)4-5-12(13)16-2/h4-5,9,14-15H,3,6-8,10H2,1-2H3. The summed E-state index contributed by atoms with van der Waals surface area (Å²) in [5, 5.41) is 11.8. The second-order valence-electron chi connectivity index (χ2n) is 3.73. The molecule has 1 aromatic rings. The molecule has 0 amide bonds. The normalized spacial score (nSPS) is 10.3. The van der Waals surface area contributed by atoms with E-state index in [2.05, 4.69) is 12.2 Å². The van der Waals surface area contributed by atoms with Crippen molar-refractivity contribution in [3.8, 4) is 11.5 Å². The Morgan fingerprint density at radius 2 is 2.12 bits per heavy atom. The highest BCUT2D eigenvalue weighted by Gasteiger charge is 2.05. The molecule has 4 nitrogen and oxygen atoms in total. The molecule has 17 heavy (non-hydrogen) atoms. The van der Waals surface area contributed by atoms with Gasteiger partial charge in [0.2, 0.25) is 0 Å². The maximum absolute atomic E-state index is 8.69. The molecule has 0 heterocycles. The molecule has 0 saturated carbocycles. The fourth-order valence-electron chi connectivity index (χ4n) is 1.47. The number of hydrogen-bond acceptors (Lipinski definition) is 4. The fraction of sp³-hybridized carbons (Fsp3) is 0.538. The molecule has 0 radical (unpaired) electrons. The van der Waals surface area contributed by atoms with E-state index in [1.54, 1.807) is 7.11 Å². The Labute approximate surface area is 103 Å². The Morgan fingerprint density at radius 3 is 2.76 bits per heavy atom. The number of benzene rings is 1. The number of rotatable bonds is 8. The van der Waals surface area contributed by atoms with Crippen LogP contribution in [-0.2, 0) is 6.54 Å². The van der Waals surface area contributed by atoms with Crippen molar-refractivity contribution in [2.45, 2.75) is 19.9 Å². The van der Waals surface area contributed by atoms with Crippen LogP contribution in [0.5, 0.6) is 11.5 Å². The molecule has 0 aliphatic carbocycles. The van der Waals surface area contributed by atoms with E-state index in [0.29, 0.717) is 19.7 Å². The van der Waals surface area contributed by atoms with Gasteiger partial charge in [-0.05, 0) is 24.1 Å². The second kappa shape index (κ2) is 7.92. The van der Waals surface area contributed by atoms with Crippen molar-refractivity contribution in [3.05, 3.63) is 23.8 Å². The number of nitrogens with one attached hydrogen (secondary N) is 1. The number of methoxy groups -OCH3 is 1. The number of aliphatic hydroxyl groups excluding tert-OH is 1. The van der Waals surface area contributed by atoms with Gasteiger partial charge in [0, 0.05) is 13.1 Å². The van der Waals surface area contributed by atoms with Crippen LogP contribution in [0, 0.1) is 0 Å². The highest BCUT2D eigenvalue weighted by atomic mass is 16.5. The Hall–Kier alpha value is -1.26. The molecule has 0 fully saturated rings. The van der Waals surface area contributed by atoms with E-state index >= 15 is 0 Å². The van der Waals surface area contributed by atoms with Crippen molar-refractivity contribution >= 4 is 0 Å². The molecule has 0 aromatic heterocycles. The van der Waals surface area contributed by atoms with E-state index in [0.717, 1.165) is 23.5 Å². The molecule has 96 valence electrons. The van der Waals surface area contributed by atoms with E-state index in [9.17, 15) is 0 Å². The number of ether oxygens (including phenoxy) is 2. The topological polar surface area (TPSA) is 50.7 Å². The molecular weight excluding hydrogens is 218 g/mol. The van der Waals surface area contributed by atoms with Gasteiger partial charge in [0.25, 0.3) is 0 Å². The summed E-state index contributed by atoms with van der Waals surface area (Å²) in [6.07, 6.45) is 0.968. The molecule has 1 rings (SSSR count). The summed E-state index contributed by atoms with van der Waals surface area (Å²) in [4.78, 5) is 0. The smallest absolute Gasteiger partial charge is 0.161 e. The van der Waals surface area contributed by atoms with Gasteiger partial charge in [0.1, 0.15) is 0 Å². The SMILES string of the molecule is CCCOc1cc(CNCCO)ccc1OC. The van der Waals surface area contributed by atoms with Crippen molar-refractivity contribution < 1.29 is 14.6 Å². The first-order chi connectivity index (χ1) is 8.31. The summed E-state index contributed by atoms with van der Waals surface area (Å²) < 4.78 is 10.9. The van der Waals surface area contributed by atoms with Gasteiger partial charge in [-0.2, -0.15) is 0 Å². The van der Waals surface area contributed by atoms with Crippen LogP contribution in [-0.4, -0.2) is 32.0 Å². The predicted molar refractivity (Wildman–Crippen MR) is 67.6 cm³/mol. The van der Waals surface area contributed by atoms with Crippen molar-refractivity contribution in [1.82, 2.24) is 5.32 Å². The fourth-order valence-corrected chi connectivity index (χ4v) is 1.47. The molecule has 2 N–H and O–H groups in total. The average Bonchev–Trinajstić information content (AvgIpc) is 2.37. The van der Waals surface area contributed by atoms with E-state index in [1.807, 2.05) is 18.2 Å². The van der Waals surface area contributed by atoms with Gasteiger partial charge < -0.3 is 19.9 Å². The van der Waals surface area contributed by atoms with Crippen LogP contribution in [0.25, 0.3) is 0 Å². The summed E-state index contributed by atoms with van der Waals surface area (Å²) in [6.45, 7) is 4.21. The molecule has 1 aromatic carbocycles. The third-order valence-corrected chi connectivity index (χ3v) is 2.31. The molecule has 0 bridgehead atoms. The molecule has 0 unspecified atom stereocenters. The first-order valence-corrected chi connectivity index (χ1v) is 5.93. The van der Waals surface area contributed by atoms with Crippen molar-refractivity contribution in [2.75, 3.05) is 26.9 Å². The summed E-state index contributed by atoms with van der Waals surface area (Å²) >= 11 is 0. The summed E-state index contributed by atoms with van der Waals surface area (Å²) in [7, 11) is 1.64. The third-order valence-electron chi connectivity index (χ3n) is 2.31. The van der Waals surface area contributed by atoms with E-state index < -0.39 is 0 Å². The minimum atomic E-state index is 0.148. The quantitative estimate of drug-likeness (QED) is 0.676. The molecular formula is C13H21NO3. The van der Waals surface area contributed by atoms with Crippen LogP contribution in [0.4, 0.5) is 0 Å². The Balaban J connectivity index is 2.66. The monoisotopic (exact) mass is 239 g/mol. The summed E-state index contributed by atoms with van der Waals surface area (Å²) in [5.41, 5.74) is 1.12. The maximum atomic E-state index is 8.69. The molecule has 0 saturated heterocycles. The lowest BCUT2D eigenvalue weighted by molar-refractivity contribution is 0.290. The number of hydrogen-bond donors (Lipinski definition) is 2. The number of aliphatic hydroxyl groups is 1. The second-order valence-corrected chi connectivity index (χ2v) is 3.73. The summed E-state index contributed by atoms with van der Waals surface area (Å²) in [6, 6.07) is 5.86. The molecule has 0 atom stereocenters. The van der Waals surface area contributed by atoms with Gasteiger partial charge in [-0.25, -0.2) is 0 Å². The van der Waals surface area contributed by atoms with Gasteiger partial charge in [-0.15, -0.1) is 0 Å². The van der Waals surface area contributed by atoms with Crippen LogP contribution in [0.2, 0.25) is 0 Å². The molecule has 0 aliphatic rings. The third kappa shape index (κ3) is 4.63. The van der Waals surface area contributed by atoms with Gasteiger partial charge in [0.15, 0.2) is 11.5 Å². The minimum Gasteiger partial charge on any atom is -0.493 e. The molecule has 0 spiro atoms. The van der Waals surface area contributed by atoms with Crippen LogP contribution < -0.4 is 14.8 Å². The van der Waals surface area contributed by atoms with Gasteiger partial charge in [-0.3, -0.25) is 0 Å². The van der Waals surface area contributed by atoms with Crippen LogP contribution in [0.15, 0.2) is 18.2 Å². The minimum absolute atomic E-state index is 0.148. The van der Waals surface area contributed by atoms with E-state index in [1.165, 1.54) is 0 Å². The van der Waals surface area contributed by atoms with Gasteiger partial charge in [-0.1, -0.05) is 13.0 Å². The lowest BCUT2D eigenvalue weighted by Gasteiger charge is -2.12. The van der Waals surface area contributed by atoms with E-state index in [-0.39, 0.29) is 6.61 Å². The highest BCUT2D eigenvalue weighted by molar-refractivity contribution is 5.42. The van der Waals surface area contributed by atoms with Crippen LogP contribution in [0.1, 0.15) is 18.9 Å². The molecule has 4 heteroatoms. The van der Waals surface area contributed by atoms with Crippen LogP contribution >= 0.6 is 0 Å². The first kappa shape index (κ1) is 13.8.